The lowest BCUT2D eigenvalue weighted by atomic mass is 10.2. The van der Waals surface area contributed by atoms with E-state index in [1.807, 2.05) is 0 Å². The van der Waals surface area contributed by atoms with Crippen molar-refractivity contribution in [1.29, 1.82) is 0 Å². The fourth-order valence-electron chi connectivity index (χ4n) is 2.48. The van der Waals surface area contributed by atoms with Crippen LogP contribution in [0.5, 0.6) is 0 Å². The van der Waals surface area contributed by atoms with Crippen LogP contribution in [0.1, 0.15) is 24.2 Å². The number of halogens is 1. The standard InChI is InChI=1S/C20H20FN3O3S2/c1-13(2)24(3)29(26,27)17-10-6-15(7-11-17)19(25)23-20-22-18(12-28-20)14-4-8-16(21)9-5-14/h4-13H,1-3H3,(H,22,23,25). The summed E-state index contributed by atoms with van der Waals surface area (Å²) in [5, 5.41) is 4.85. The topological polar surface area (TPSA) is 79.4 Å². The smallest absolute Gasteiger partial charge is 0.257 e. The molecule has 6 nitrogen and oxygen atoms in total. The summed E-state index contributed by atoms with van der Waals surface area (Å²) in [5.74, 6) is -0.728. The zero-order valence-corrected chi connectivity index (χ0v) is 17.7. The van der Waals surface area contributed by atoms with Gasteiger partial charge in [0.1, 0.15) is 5.82 Å². The van der Waals surface area contributed by atoms with Crippen molar-refractivity contribution in [1.82, 2.24) is 9.29 Å². The maximum Gasteiger partial charge on any atom is 0.257 e. The number of anilines is 1. The van der Waals surface area contributed by atoms with Gasteiger partial charge in [-0.05, 0) is 62.4 Å². The monoisotopic (exact) mass is 433 g/mol. The SMILES string of the molecule is CC(C)N(C)S(=O)(=O)c1ccc(C(=O)Nc2nc(-c3ccc(F)cc3)cs2)cc1. The van der Waals surface area contributed by atoms with E-state index in [9.17, 15) is 17.6 Å². The third-order valence-corrected chi connectivity index (χ3v) is 7.19. The van der Waals surface area contributed by atoms with Crippen molar-refractivity contribution in [3.63, 3.8) is 0 Å². The van der Waals surface area contributed by atoms with Gasteiger partial charge in [0.25, 0.3) is 5.91 Å². The van der Waals surface area contributed by atoms with Gasteiger partial charge in [-0.1, -0.05) is 0 Å². The minimum Gasteiger partial charge on any atom is -0.298 e. The van der Waals surface area contributed by atoms with Gasteiger partial charge in [0.2, 0.25) is 10.0 Å². The van der Waals surface area contributed by atoms with Gasteiger partial charge in [-0.2, -0.15) is 4.31 Å². The van der Waals surface area contributed by atoms with Gasteiger partial charge in [0.15, 0.2) is 5.13 Å². The summed E-state index contributed by atoms with van der Waals surface area (Å²) in [5.41, 5.74) is 1.69. The third kappa shape index (κ3) is 4.69. The molecule has 1 amide bonds. The quantitative estimate of drug-likeness (QED) is 0.631. The number of sulfonamides is 1. The zero-order valence-electron chi connectivity index (χ0n) is 16.1. The number of nitrogens with one attached hydrogen (secondary N) is 1. The summed E-state index contributed by atoms with van der Waals surface area (Å²) < 4.78 is 39.3. The number of carbonyl (C=O) groups excluding carboxylic acids is 1. The van der Waals surface area contributed by atoms with E-state index in [1.54, 1.807) is 31.4 Å². The average molecular weight is 434 g/mol. The molecule has 0 saturated heterocycles. The van der Waals surface area contributed by atoms with E-state index in [1.165, 1.54) is 59.1 Å². The van der Waals surface area contributed by atoms with Crippen LogP contribution in [0.25, 0.3) is 11.3 Å². The number of hydrogen-bond acceptors (Lipinski definition) is 5. The second-order valence-electron chi connectivity index (χ2n) is 6.64. The van der Waals surface area contributed by atoms with Crippen LogP contribution in [-0.4, -0.2) is 36.7 Å². The van der Waals surface area contributed by atoms with Crippen LogP contribution in [0, 0.1) is 5.82 Å². The lowest BCUT2D eigenvalue weighted by molar-refractivity contribution is 0.102. The van der Waals surface area contributed by atoms with E-state index in [-0.39, 0.29) is 16.8 Å². The first-order valence-corrected chi connectivity index (χ1v) is 11.1. The average Bonchev–Trinajstić information content (AvgIpc) is 3.16. The molecule has 3 aromatic rings. The van der Waals surface area contributed by atoms with Crippen molar-refractivity contribution in [2.24, 2.45) is 0 Å². The molecule has 9 heteroatoms. The van der Waals surface area contributed by atoms with Gasteiger partial charge in [-0.25, -0.2) is 17.8 Å². The molecule has 0 spiro atoms. The summed E-state index contributed by atoms with van der Waals surface area (Å²) in [7, 11) is -2.09. The normalized spacial score (nSPS) is 11.8. The van der Waals surface area contributed by atoms with Gasteiger partial charge in [0.05, 0.1) is 10.6 Å². The van der Waals surface area contributed by atoms with Gasteiger partial charge in [0, 0.05) is 29.6 Å². The molecular weight excluding hydrogens is 413 g/mol. The number of hydrogen-bond donors (Lipinski definition) is 1. The van der Waals surface area contributed by atoms with Crippen LogP contribution in [0.15, 0.2) is 58.8 Å². The van der Waals surface area contributed by atoms with Crippen LogP contribution in [0.2, 0.25) is 0 Å². The molecule has 29 heavy (non-hydrogen) atoms. The molecule has 0 fully saturated rings. The molecule has 2 aromatic carbocycles. The van der Waals surface area contributed by atoms with Gasteiger partial charge < -0.3 is 0 Å². The Kier molecular flexibility index (Phi) is 6.11. The first-order chi connectivity index (χ1) is 13.7. The summed E-state index contributed by atoms with van der Waals surface area (Å²) in [6.45, 7) is 3.57. The fourth-order valence-corrected chi connectivity index (χ4v) is 4.56. The van der Waals surface area contributed by atoms with Gasteiger partial charge >= 0.3 is 0 Å². The molecule has 1 aromatic heterocycles. The van der Waals surface area contributed by atoms with Gasteiger partial charge in [-0.3, -0.25) is 10.1 Å². The number of aromatic nitrogens is 1. The third-order valence-electron chi connectivity index (χ3n) is 4.39. The number of nitrogens with zero attached hydrogens (tertiary/aromatic N) is 2. The highest BCUT2D eigenvalue weighted by Gasteiger charge is 2.23. The Balaban J connectivity index is 1.73. The van der Waals surface area contributed by atoms with Crippen LogP contribution >= 0.6 is 11.3 Å². The Morgan fingerprint density at radius 3 is 2.31 bits per heavy atom. The van der Waals surface area contributed by atoms with E-state index in [2.05, 4.69) is 10.3 Å². The molecule has 152 valence electrons. The summed E-state index contributed by atoms with van der Waals surface area (Å²) in [4.78, 5) is 16.9. The molecular formula is C20H20FN3O3S2. The lowest BCUT2D eigenvalue weighted by Crippen LogP contribution is -2.33. The lowest BCUT2D eigenvalue weighted by Gasteiger charge is -2.20. The molecule has 0 radical (unpaired) electrons. The molecule has 1 heterocycles. The van der Waals surface area contributed by atoms with Crippen molar-refractivity contribution >= 4 is 32.4 Å². The first-order valence-electron chi connectivity index (χ1n) is 8.79. The first kappa shape index (κ1) is 21.1. The minimum atomic E-state index is -3.61. The minimum absolute atomic E-state index is 0.123. The van der Waals surface area contributed by atoms with E-state index in [0.29, 0.717) is 16.4 Å². The van der Waals surface area contributed by atoms with Crippen molar-refractivity contribution < 1.29 is 17.6 Å². The second kappa shape index (κ2) is 8.40. The molecule has 0 aliphatic heterocycles. The number of thiazole rings is 1. The molecule has 0 atom stereocenters. The maximum absolute atomic E-state index is 13.0. The van der Waals surface area contributed by atoms with Crippen LogP contribution < -0.4 is 5.32 Å². The summed E-state index contributed by atoms with van der Waals surface area (Å²) in [6.07, 6.45) is 0. The highest BCUT2D eigenvalue weighted by molar-refractivity contribution is 7.89. The predicted molar refractivity (Wildman–Crippen MR) is 112 cm³/mol. The zero-order chi connectivity index (χ0) is 21.2. The highest BCUT2D eigenvalue weighted by atomic mass is 32.2. The van der Waals surface area contributed by atoms with Crippen LogP contribution in [0.4, 0.5) is 9.52 Å². The molecule has 0 saturated carbocycles. The molecule has 1 N–H and O–H groups in total. The highest BCUT2D eigenvalue weighted by Crippen LogP contribution is 2.25. The van der Waals surface area contributed by atoms with Crippen molar-refractivity contribution in [3.8, 4) is 11.3 Å². The molecule has 0 bridgehead atoms. The van der Waals surface area contributed by atoms with Crippen LogP contribution in [-0.2, 0) is 10.0 Å². The van der Waals surface area contributed by atoms with Crippen molar-refractivity contribution in [2.75, 3.05) is 12.4 Å². The molecule has 0 unspecified atom stereocenters. The number of amides is 1. The number of benzene rings is 2. The Labute approximate surface area is 173 Å². The van der Waals surface area contributed by atoms with Gasteiger partial charge in [-0.15, -0.1) is 11.3 Å². The number of rotatable bonds is 6. The molecule has 0 aliphatic rings. The van der Waals surface area contributed by atoms with Crippen molar-refractivity contribution in [3.05, 3.63) is 65.3 Å². The van der Waals surface area contributed by atoms with E-state index >= 15 is 0 Å². The Hall–Kier alpha value is -2.62. The van der Waals surface area contributed by atoms with E-state index in [0.717, 1.165) is 5.56 Å². The molecule has 0 aliphatic carbocycles. The Bertz CT molecular complexity index is 1110. The maximum atomic E-state index is 13.0. The molecule has 3 rings (SSSR count). The Morgan fingerprint density at radius 1 is 1.10 bits per heavy atom. The number of carbonyl (C=O) groups is 1. The van der Waals surface area contributed by atoms with Crippen LogP contribution in [0.3, 0.4) is 0 Å². The fraction of sp³-hybridized carbons (Fsp3) is 0.200. The Morgan fingerprint density at radius 2 is 1.72 bits per heavy atom. The second-order valence-corrected chi connectivity index (χ2v) is 9.49. The van der Waals surface area contributed by atoms with E-state index in [4.69, 9.17) is 0 Å². The predicted octanol–water partition coefficient (Wildman–Crippen LogP) is 4.23. The van der Waals surface area contributed by atoms with E-state index < -0.39 is 15.9 Å². The summed E-state index contributed by atoms with van der Waals surface area (Å²) >= 11 is 1.25. The van der Waals surface area contributed by atoms with Crippen molar-refractivity contribution in [2.45, 2.75) is 24.8 Å². The largest absolute Gasteiger partial charge is 0.298 e. The summed E-state index contributed by atoms with van der Waals surface area (Å²) in [6, 6.07) is 11.5.